The quantitative estimate of drug-likeness (QED) is 0.852. The van der Waals surface area contributed by atoms with Crippen LogP contribution < -0.4 is 4.90 Å². The Kier molecular flexibility index (Phi) is 3.90. The van der Waals surface area contributed by atoms with Crippen LogP contribution in [0, 0.1) is 6.92 Å². The fourth-order valence-electron chi connectivity index (χ4n) is 2.64. The summed E-state index contributed by atoms with van der Waals surface area (Å²) in [6, 6.07) is 5.95. The Morgan fingerprint density at radius 1 is 1.10 bits per heavy atom. The molecule has 0 aliphatic carbocycles. The molecule has 1 aliphatic heterocycles. The molecule has 2 atom stereocenters. The van der Waals surface area contributed by atoms with E-state index in [2.05, 4.69) is 10.00 Å². The molecule has 0 aromatic carbocycles. The summed E-state index contributed by atoms with van der Waals surface area (Å²) >= 11 is 0. The van der Waals surface area contributed by atoms with Crippen molar-refractivity contribution in [1.82, 2.24) is 14.8 Å². The summed E-state index contributed by atoms with van der Waals surface area (Å²) in [5.41, 5.74) is 1.11. The number of methoxy groups -OCH3 is 2. The van der Waals surface area contributed by atoms with E-state index in [0.29, 0.717) is 0 Å². The molecule has 0 amide bonds. The second-order valence-corrected chi connectivity index (χ2v) is 5.27. The number of hydrogen-bond donors (Lipinski definition) is 0. The van der Waals surface area contributed by atoms with Gasteiger partial charge in [0.15, 0.2) is 5.82 Å². The van der Waals surface area contributed by atoms with E-state index in [1.807, 2.05) is 37.5 Å². The molecule has 6 nitrogen and oxygen atoms in total. The molecule has 2 aromatic heterocycles. The summed E-state index contributed by atoms with van der Waals surface area (Å²) in [5.74, 6) is 1.73. The lowest BCUT2D eigenvalue weighted by molar-refractivity contribution is -0.00461. The third kappa shape index (κ3) is 2.77. The van der Waals surface area contributed by atoms with Gasteiger partial charge in [0.1, 0.15) is 18.0 Å². The van der Waals surface area contributed by atoms with Gasteiger partial charge >= 0.3 is 0 Å². The minimum absolute atomic E-state index is 0.0763. The zero-order valence-corrected chi connectivity index (χ0v) is 12.6. The molecular formula is C15H20N4O2. The predicted molar refractivity (Wildman–Crippen MR) is 79.9 cm³/mol. The van der Waals surface area contributed by atoms with Gasteiger partial charge in [-0.3, -0.25) is 0 Å². The van der Waals surface area contributed by atoms with E-state index in [-0.39, 0.29) is 12.2 Å². The number of aromatic nitrogens is 3. The van der Waals surface area contributed by atoms with Crippen LogP contribution in [-0.4, -0.2) is 54.3 Å². The molecule has 0 N–H and O–H groups in total. The SMILES string of the molecule is CO[C@H]1CN(c2cccc(-n3cc(C)cn3)n2)C[C@H]1OC. The van der Waals surface area contributed by atoms with Crippen molar-refractivity contribution < 1.29 is 9.47 Å². The fourth-order valence-corrected chi connectivity index (χ4v) is 2.64. The average molecular weight is 288 g/mol. The van der Waals surface area contributed by atoms with Gasteiger partial charge in [0.25, 0.3) is 0 Å². The van der Waals surface area contributed by atoms with Crippen LogP contribution in [0.4, 0.5) is 5.82 Å². The lowest BCUT2D eigenvalue weighted by Gasteiger charge is -2.17. The van der Waals surface area contributed by atoms with E-state index >= 15 is 0 Å². The van der Waals surface area contributed by atoms with Crippen LogP contribution in [0.15, 0.2) is 30.6 Å². The molecule has 0 bridgehead atoms. The van der Waals surface area contributed by atoms with Crippen LogP contribution >= 0.6 is 0 Å². The first-order valence-corrected chi connectivity index (χ1v) is 7.00. The smallest absolute Gasteiger partial charge is 0.155 e. The highest BCUT2D eigenvalue weighted by Gasteiger charge is 2.33. The van der Waals surface area contributed by atoms with Crippen LogP contribution in [0.25, 0.3) is 5.82 Å². The lowest BCUT2D eigenvalue weighted by Crippen LogP contribution is -2.27. The van der Waals surface area contributed by atoms with Crippen molar-refractivity contribution in [2.75, 3.05) is 32.2 Å². The Labute approximate surface area is 124 Å². The predicted octanol–water partition coefficient (Wildman–Crippen LogP) is 1.43. The van der Waals surface area contributed by atoms with Gasteiger partial charge in [-0.25, -0.2) is 9.67 Å². The fraction of sp³-hybridized carbons (Fsp3) is 0.467. The van der Waals surface area contributed by atoms with Crippen LogP contribution in [-0.2, 0) is 9.47 Å². The van der Waals surface area contributed by atoms with Gasteiger partial charge in [-0.15, -0.1) is 0 Å². The number of rotatable bonds is 4. The van der Waals surface area contributed by atoms with Gasteiger partial charge in [-0.2, -0.15) is 5.10 Å². The van der Waals surface area contributed by atoms with Gasteiger partial charge in [0, 0.05) is 33.5 Å². The maximum atomic E-state index is 5.47. The summed E-state index contributed by atoms with van der Waals surface area (Å²) < 4.78 is 12.7. The van der Waals surface area contributed by atoms with E-state index in [9.17, 15) is 0 Å². The van der Waals surface area contributed by atoms with Crippen LogP contribution in [0.3, 0.4) is 0 Å². The summed E-state index contributed by atoms with van der Waals surface area (Å²) in [4.78, 5) is 6.87. The normalized spacial score (nSPS) is 22.0. The first-order chi connectivity index (χ1) is 10.2. The van der Waals surface area contributed by atoms with Crippen molar-refractivity contribution in [3.8, 4) is 5.82 Å². The van der Waals surface area contributed by atoms with Crippen molar-refractivity contribution in [1.29, 1.82) is 0 Å². The monoisotopic (exact) mass is 288 g/mol. The molecule has 0 spiro atoms. The summed E-state index contributed by atoms with van der Waals surface area (Å²) in [5, 5.41) is 4.30. The number of aryl methyl sites for hydroxylation is 1. The molecule has 3 rings (SSSR count). The molecule has 1 aliphatic rings. The Hall–Kier alpha value is -1.92. The van der Waals surface area contributed by atoms with E-state index < -0.39 is 0 Å². The summed E-state index contributed by atoms with van der Waals surface area (Å²) in [7, 11) is 3.44. The van der Waals surface area contributed by atoms with Gasteiger partial charge in [0.2, 0.25) is 0 Å². The molecule has 0 radical (unpaired) electrons. The van der Waals surface area contributed by atoms with Crippen molar-refractivity contribution in [2.45, 2.75) is 19.1 Å². The van der Waals surface area contributed by atoms with Crippen molar-refractivity contribution in [3.05, 3.63) is 36.2 Å². The molecule has 1 saturated heterocycles. The summed E-state index contributed by atoms with van der Waals surface area (Å²) in [6.45, 7) is 3.58. The Morgan fingerprint density at radius 3 is 2.33 bits per heavy atom. The van der Waals surface area contributed by atoms with Crippen LogP contribution in [0.2, 0.25) is 0 Å². The first kappa shape index (κ1) is 14.0. The number of hydrogen-bond acceptors (Lipinski definition) is 5. The average Bonchev–Trinajstić information content (AvgIpc) is 3.13. The number of nitrogens with zero attached hydrogens (tertiary/aromatic N) is 4. The number of anilines is 1. The van der Waals surface area contributed by atoms with Gasteiger partial charge < -0.3 is 14.4 Å². The zero-order chi connectivity index (χ0) is 14.8. The third-order valence-corrected chi connectivity index (χ3v) is 3.81. The third-order valence-electron chi connectivity index (χ3n) is 3.81. The first-order valence-electron chi connectivity index (χ1n) is 7.00. The minimum Gasteiger partial charge on any atom is -0.377 e. The van der Waals surface area contributed by atoms with E-state index in [1.54, 1.807) is 18.9 Å². The largest absolute Gasteiger partial charge is 0.377 e. The molecule has 3 heterocycles. The highest BCUT2D eigenvalue weighted by molar-refractivity contribution is 5.44. The van der Waals surface area contributed by atoms with Crippen molar-refractivity contribution in [2.24, 2.45) is 0 Å². The summed E-state index contributed by atoms with van der Waals surface area (Å²) in [6.07, 6.45) is 3.94. The molecule has 112 valence electrons. The van der Waals surface area contributed by atoms with E-state index in [1.165, 1.54) is 0 Å². The minimum atomic E-state index is 0.0763. The van der Waals surface area contributed by atoms with Crippen molar-refractivity contribution >= 4 is 5.82 Å². The Morgan fingerprint density at radius 2 is 1.76 bits per heavy atom. The Bertz CT molecular complexity index is 601. The zero-order valence-electron chi connectivity index (χ0n) is 12.6. The molecular weight excluding hydrogens is 268 g/mol. The maximum Gasteiger partial charge on any atom is 0.155 e. The van der Waals surface area contributed by atoms with E-state index in [4.69, 9.17) is 14.5 Å². The highest BCUT2D eigenvalue weighted by atomic mass is 16.5. The van der Waals surface area contributed by atoms with Gasteiger partial charge in [-0.05, 0) is 24.6 Å². The van der Waals surface area contributed by atoms with Crippen LogP contribution in [0.5, 0.6) is 0 Å². The molecule has 0 saturated carbocycles. The molecule has 21 heavy (non-hydrogen) atoms. The second kappa shape index (κ2) is 5.83. The highest BCUT2D eigenvalue weighted by Crippen LogP contribution is 2.22. The molecule has 2 aromatic rings. The van der Waals surface area contributed by atoms with Crippen LogP contribution in [0.1, 0.15) is 5.56 Å². The van der Waals surface area contributed by atoms with Crippen molar-refractivity contribution in [3.63, 3.8) is 0 Å². The standard InChI is InChI=1S/C15H20N4O2/c1-11-7-16-19(8-11)15-6-4-5-14(17-15)18-9-12(20-2)13(10-18)21-3/h4-8,12-13H,9-10H2,1-3H3/t12-,13+. The number of ether oxygens (including phenoxy) is 2. The topological polar surface area (TPSA) is 52.4 Å². The van der Waals surface area contributed by atoms with E-state index in [0.717, 1.165) is 30.3 Å². The Balaban J connectivity index is 1.84. The van der Waals surface area contributed by atoms with Gasteiger partial charge in [0.05, 0.1) is 6.20 Å². The maximum absolute atomic E-state index is 5.47. The number of pyridine rings is 1. The molecule has 1 fully saturated rings. The van der Waals surface area contributed by atoms with Gasteiger partial charge in [-0.1, -0.05) is 6.07 Å². The lowest BCUT2D eigenvalue weighted by atomic mass is 10.3. The molecule has 6 heteroatoms. The molecule has 0 unspecified atom stereocenters. The second-order valence-electron chi connectivity index (χ2n) is 5.27.